The van der Waals surface area contributed by atoms with Crippen LogP contribution in [0.3, 0.4) is 0 Å². The van der Waals surface area contributed by atoms with E-state index in [2.05, 4.69) is 0 Å². The molecule has 0 unspecified atom stereocenters. The Morgan fingerprint density at radius 1 is 1.32 bits per heavy atom. The number of rotatable bonds is 8. The molecule has 1 aromatic carbocycles. The van der Waals surface area contributed by atoms with Crippen molar-refractivity contribution in [1.82, 2.24) is 0 Å². The van der Waals surface area contributed by atoms with Crippen LogP contribution < -0.4 is 4.90 Å². The fourth-order valence-electron chi connectivity index (χ4n) is 1.80. The Hall–Kier alpha value is -2.04. The molecule has 5 heteroatoms. The van der Waals surface area contributed by atoms with E-state index in [1.54, 1.807) is 18.2 Å². The number of carbonyl (C=O) groups is 2. The zero-order valence-electron chi connectivity index (χ0n) is 11.0. The van der Waals surface area contributed by atoms with Gasteiger partial charge in [0.25, 0.3) is 0 Å². The topological polar surface area (TPSA) is 77.8 Å². The third-order valence-corrected chi connectivity index (χ3v) is 2.97. The van der Waals surface area contributed by atoms with Crippen LogP contribution in [0.5, 0.6) is 5.75 Å². The number of anilines is 1. The lowest BCUT2D eigenvalue weighted by atomic mass is 10.1. The van der Waals surface area contributed by atoms with Gasteiger partial charge in [-0.3, -0.25) is 9.59 Å². The van der Waals surface area contributed by atoms with Crippen molar-refractivity contribution >= 4 is 17.9 Å². The molecule has 0 heterocycles. The molecular formula is C14H19NO4. The predicted molar refractivity (Wildman–Crippen MR) is 72.9 cm³/mol. The summed E-state index contributed by atoms with van der Waals surface area (Å²) in [6, 6.07) is 4.92. The Morgan fingerprint density at radius 2 is 2.05 bits per heavy atom. The second kappa shape index (κ2) is 7.41. The van der Waals surface area contributed by atoms with Crippen LogP contribution in [0.25, 0.3) is 0 Å². The lowest BCUT2D eigenvalue weighted by Gasteiger charge is -2.19. The molecule has 104 valence electrons. The number of benzene rings is 1. The minimum atomic E-state index is -0.761. The lowest BCUT2D eigenvalue weighted by Crippen LogP contribution is -2.18. The second-order valence-electron chi connectivity index (χ2n) is 4.49. The summed E-state index contributed by atoms with van der Waals surface area (Å²) >= 11 is 0. The van der Waals surface area contributed by atoms with E-state index < -0.39 is 5.97 Å². The quantitative estimate of drug-likeness (QED) is 0.557. The van der Waals surface area contributed by atoms with Crippen LogP contribution in [-0.4, -0.2) is 36.1 Å². The van der Waals surface area contributed by atoms with Gasteiger partial charge in [-0.15, -0.1) is 0 Å². The Bertz CT molecular complexity index is 445. The summed E-state index contributed by atoms with van der Waals surface area (Å²) < 4.78 is 0. The van der Waals surface area contributed by atoms with Crippen molar-refractivity contribution in [3.05, 3.63) is 23.8 Å². The molecule has 1 rings (SSSR count). The molecule has 2 N–H and O–H groups in total. The summed E-state index contributed by atoms with van der Waals surface area (Å²) in [5, 5.41) is 18.1. The number of nitrogens with zero attached hydrogens (tertiary/aromatic N) is 1. The molecule has 0 saturated carbocycles. The van der Waals surface area contributed by atoms with Gasteiger partial charge >= 0.3 is 5.97 Å². The van der Waals surface area contributed by atoms with Gasteiger partial charge in [0.2, 0.25) is 0 Å². The van der Waals surface area contributed by atoms with E-state index in [1.165, 1.54) is 0 Å². The Kier molecular flexibility index (Phi) is 5.85. The van der Waals surface area contributed by atoms with Crippen LogP contribution >= 0.6 is 0 Å². The van der Waals surface area contributed by atoms with Crippen LogP contribution in [0, 0.1) is 0 Å². The van der Waals surface area contributed by atoms with E-state index in [0.717, 1.165) is 25.1 Å². The molecule has 0 amide bonds. The maximum absolute atomic E-state index is 10.6. The highest BCUT2D eigenvalue weighted by atomic mass is 16.4. The number of carboxylic acids is 1. The number of carbonyl (C=O) groups excluding carboxylic acids is 1. The SMILES string of the molecule is CN(CCCCCC(=O)O)c1ccc(C=O)c(O)c1. The van der Waals surface area contributed by atoms with Gasteiger partial charge in [0, 0.05) is 31.8 Å². The van der Waals surface area contributed by atoms with Crippen LogP contribution in [-0.2, 0) is 4.79 Å². The van der Waals surface area contributed by atoms with Crippen LogP contribution in [0.15, 0.2) is 18.2 Å². The van der Waals surface area contributed by atoms with E-state index >= 15 is 0 Å². The lowest BCUT2D eigenvalue weighted by molar-refractivity contribution is -0.137. The third-order valence-electron chi connectivity index (χ3n) is 2.97. The molecule has 0 aliphatic heterocycles. The summed E-state index contributed by atoms with van der Waals surface area (Å²) in [4.78, 5) is 22.9. The van der Waals surface area contributed by atoms with Crippen molar-refractivity contribution in [3.8, 4) is 5.75 Å². The maximum atomic E-state index is 10.6. The van der Waals surface area contributed by atoms with Gasteiger partial charge in [-0.1, -0.05) is 6.42 Å². The number of hydrogen-bond acceptors (Lipinski definition) is 4. The molecule has 0 fully saturated rings. The number of carboxylic acid groups (broad SMARTS) is 1. The van der Waals surface area contributed by atoms with Gasteiger partial charge in [0.15, 0.2) is 6.29 Å². The van der Waals surface area contributed by atoms with E-state index in [1.807, 2.05) is 11.9 Å². The van der Waals surface area contributed by atoms with Crippen molar-refractivity contribution in [3.63, 3.8) is 0 Å². The molecule has 0 aromatic heterocycles. The summed E-state index contributed by atoms with van der Waals surface area (Å²) in [6.07, 6.45) is 3.25. The minimum Gasteiger partial charge on any atom is -0.507 e. The van der Waals surface area contributed by atoms with Crippen molar-refractivity contribution in [2.24, 2.45) is 0 Å². The first-order valence-electron chi connectivity index (χ1n) is 6.25. The zero-order valence-corrected chi connectivity index (χ0v) is 11.0. The van der Waals surface area contributed by atoms with E-state index in [0.29, 0.717) is 12.7 Å². The van der Waals surface area contributed by atoms with Gasteiger partial charge in [-0.2, -0.15) is 0 Å². The number of unbranched alkanes of at least 4 members (excludes halogenated alkanes) is 2. The fraction of sp³-hybridized carbons (Fsp3) is 0.429. The molecule has 0 spiro atoms. The molecular weight excluding hydrogens is 246 g/mol. The van der Waals surface area contributed by atoms with Gasteiger partial charge in [0.05, 0.1) is 5.56 Å². The molecule has 19 heavy (non-hydrogen) atoms. The number of hydrogen-bond donors (Lipinski definition) is 2. The van der Waals surface area contributed by atoms with Crippen molar-refractivity contribution in [2.45, 2.75) is 25.7 Å². The molecule has 0 radical (unpaired) electrons. The first kappa shape index (κ1) is 15.0. The van der Waals surface area contributed by atoms with Crippen LogP contribution in [0.4, 0.5) is 5.69 Å². The first-order chi connectivity index (χ1) is 9.04. The summed E-state index contributed by atoms with van der Waals surface area (Å²) in [5.41, 5.74) is 1.11. The fourth-order valence-corrected chi connectivity index (χ4v) is 1.80. The number of aliphatic carboxylic acids is 1. The van der Waals surface area contributed by atoms with E-state index in [9.17, 15) is 14.7 Å². The van der Waals surface area contributed by atoms with Crippen molar-refractivity contribution in [1.29, 1.82) is 0 Å². The average Bonchev–Trinajstić information content (AvgIpc) is 2.37. The Labute approximate surface area is 112 Å². The highest BCUT2D eigenvalue weighted by molar-refractivity contribution is 5.80. The smallest absolute Gasteiger partial charge is 0.303 e. The molecule has 0 atom stereocenters. The highest BCUT2D eigenvalue weighted by Crippen LogP contribution is 2.23. The van der Waals surface area contributed by atoms with Gasteiger partial charge in [-0.25, -0.2) is 0 Å². The normalized spacial score (nSPS) is 10.2. The molecule has 0 bridgehead atoms. The minimum absolute atomic E-state index is 0.0229. The molecule has 5 nitrogen and oxygen atoms in total. The summed E-state index contributed by atoms with van der Waals surface area (Å²) in [7, 11) is 1.90. The number of phenols is 1. The predicted octanol–water partition coefficient (Wildman–Crippen LogP) is 2.29. The highest BCUT2D eigenvalue weighted by Gasteiger charge is 2.05. The zero-order chi connectivity index (χ0) is 14.3. The second-order valence-corrected chi connectivity index (χ2v) is 4.49. The van der Waals surface area contributed by atoms with Crippen molar-refractivity contribution in [2.75, 3.05) is 18.5 Å². The largest absolute Gasteiger partial charge is 0.507 e. The number of aromatic hydroxyl groups is 1. The maximum Gasteiger partial charge on any atom is 0.303 e. The van der Waals surface area contributed by atoms with E-state index in [-0.39, 0.29) is 17.7 Å². The van der Waals surface area contributed by atoms with Gasteiger partial charge < -0.3 is 15.1 Å². The standard InChI is InChI=1S/C14H19NO4/c1-15(8-4-2-3-5-14(18)19)12-7-6-11(10-16)13(17)9-12/h6-7,9-10,17H,2-5,8H2,1H3,(H,18,19). The Balaban J connectivity index is 2.41. The molecule has 0 aliphatic carbocycles. The molecule has 1 aromatic rings. The molecule has 0 aliphatic rings. The van der Waals surface area contributed by atoms with E-state index in [4.69, 9.17) is 5.11 Å². The summed E-state index contributed by atoms with van der Waals surface area (Å²) in [6.45, 7) is 0.777. The monoisotopic (exact) mass is 265 g/mol. The number of aldehydes is 1. The van der Waals surface area contributed by atoms with Crippen LogP contribution in [0.2, 0.25) is 0 Å². The summed E-state index contributed by atoms with van der Waals surface area (Å²) in [5.74, 6) is -0.784. The number of phenolic OH excluding ortho intramolecular Hbond substituents is 1. The van der Waals surface area contributed by atoms with Crippen LogP contribution in [0.1, 0.15) is 36.0 Å². The average molecular weight is 265 g/mol. The van der Waals surface area contributed by atoms with Gasteiger partial charge in [-0.05, 0) is 25.0 Å². The molecule has 0 saturated heterocycles. The Morgan fingerprint density at radius 3 is 2.63 bits per heavy atom. The van der Waals surface area contributed by atoms with Gasteiger partial charge in [0.1, 0.15) is 5.75 Å². The third kappa shape index (κ3) is 4.99. The van der Waals surface area contributed by atoms with Crippen molar-refractivity contribution < 1.29 is 19.8 Å². The first-order valence-corrected chi connectivity index (χ1v) is 6.25.